The summed E-state index contributed by atoms with van der Waals surface area (Å²) in [7, 11) is 1.78. The molecular formula is C15H20N2O3S. The van der Waals surface area contributed by atoms with E-state index in [2.05, 4.69) is 10.2 Å². The number of rotatable bonds is 6. The van der Waals surface area contributed by atoms with E-state index in [9.17, 15) is 0 Å². The van der Waals surface area contributed by atoms with Gasteiger partial charge in [0.05, 0.1) is 18.4 Å². The zero-order valence-corrected chi connectivity index (χ0v) is 13.2. The minimum atomic E-state index is 0.263. The molecule has 0 N–H and O–H groups in total. The summed E-state index contributed by atoms with van der Waals surface area (Å²) in [5, 5.41) is 8.85. The van der Waals surface area contributed by atoms with Crippen molar-refractivity contribution in [1.29, 1.82) is 0 Å². The number of ether oxygens (including phenoxy) is 1. The highest BCUT2D eigenvalue weighted by Crippen LogP contribution is 2.42. The SMILES string of the molecule is COCC1(CSc2nnc(-c3ccoc3C)o2)CCCC1. The van der Waals surface area contributed by atoms with E-state index in [0.29, 0.717) is 11.1 Å². The van der Waals surface area contributed by atoms with E-state index in [1.165, 1.54) is 25.7 Å². The van der Waals surface area contributed by atoms with Crippen LogP contribution in [0.25, 0.3) is 11.5 Å². The zero-order chi connectivity index (χ0) is 14.7. The minimum absolute atomic E-state index is 0.263. The van der Waals surface area contributed by atoms with E-state index < -0.39 is 0 Å². The van der Waals surface area contributed by atoms with Crippen LogP contribution in [0.3, 0.4) is 0 Å². The molecule has 1 aliphatic carbocycles. The second-order valence-corrected chi connectivity index (χ2v) is 6.62. The van der Waals surface area contributed by atoms with Crippen molar-refractivity contribution in [2.75, 3.05) is 19.5 Å². The molecule has 2 heterocycles. The summed E-state index contributed by atoms with van der Waals surface area (Å²) in [6.45, 7) is 2.69. The Morgan fingerprint density at radius 2 is 2.14 bits per heavy atom. The van der Waals surface area contributed by atoms with Gasteiger partial charge in [-0.1, -0.05) is 24.6 Å². The van der Waals surface area contributed by atoms with Gasteiger partial charge in [0.2, 0.25) is 0 Å². The molecule has 0 saturated heterocycles. The van der Waals surface area contributed by atoms with Crippen LogP contribution in [0.2, 0.25) is 0 Å². The van der Waals surface area contributed by atoms with Gasteiger partial charge in [0.25, 0.3) is 11.1 Å². The summed E-state index contributed by atoms with van der Waals surface area (Å²) in [6, 6.07) is 1.85. The number of methoxy groups -OCH3 is 1. The maximum Gasteiger partial charge on any atom is 0.276 e. The number of furan rings is 1. The first-order chi connectivity index (χ1) is 10.2. The van der Waals surface area contributed by atoms with Gasteiger partial charge in [0.15, 0.2) is 0 Å². The lowest BCUT2D eigenvalue weighted by Crippen LogP contribution is -2.25. The molecule has 1 saturated carbocycles. The number of thioether (sulfide) groups is 1. The highest BCUT2D eigenvalue weighted by Gasteiger charge is 2.34. The first kappa shape index (κ1) is 14.7. The van der Waals surface area contributed by atoms with Crippen LogP contribution >= 0.6 is 11.8 Å². The summed E-state index contributed by atoms with van der Waals surface area (Å²) in [6.07, 6.45) is 6.64. The van der Waals surface area contributed by atoms with Gasteiger partial charge in [-0.3, -0.25) is 0 Å². The van der Waals surface area contributed by atoms with Crippen LogP contribution in [-0.2, 0) is 4.74 Å². The summed E-state index contributed by atoms with van der Waals surface area (Å²) >= 11 is 1.63. The van der Waals surface area contributed by atoms with Gasteiger partial charge in [-0.15, -0.1) is 10.2 Å². The van der Waals surface area contributed by atoms with E-state index in [1.807, 2.05) is 13.0 Å². The Morgan fingerprint density at radius 3 is 2.81 bits per heavy atom. The van der Waals surface area contributed by atoms with Gasteiger partial charge >= 0.3 is 0 Å². The highest BCUT2D eigenvalue weighted by molar-refractivity contribution is 7.99. The first-order valence-electron chi connectivity index (χ1n) is 7.22. The predicted molar refractivity (Wildman–Crippen MR) is 80.2 cm³/mol. The standard InChI is InChI=1S/C15H20N2O3S/c1-11-12(5-8-19-11)13-16-17-14(20-13)21-10-15(9-18-2)6-3-4-7-15/h5,8H,3-4,6-7,9-10H2,1-2H3. The molecule has 0 bridgehead atoms. The lowest BCUT2D eigenvalue weighted by atomic mass is 9.90. The average Bonchev–Trinajstić information content (AvgIpc) is 3.17. The molecule has 2 aromatic rings. The third-order valence-corrected chi connectivity index (χ3v) is 5.28. The molecule has 0 amide bonds. The van der Waals surface area contributed by atoms with E-state index in [-0.39, 0.29) is 5.41 Å². The Hall–Kier alpha value is -1.27. The van der Waals surface area contributed by atoms with Gasteiger partial charge in [-0.05, 0) is 25.8 Å². The summed E-state index contributed by atoms with van der Waals surface area (Å²) in [5.74, 6) is 2.28. The van der Waals surface area contributed by atoms with Crippen LogP contribution in [0, 0.1) is 12.3 Å². The molecule has 0 spiro atoms. The molecule has 2 aromatic heterocycles. The van der Waals surface area contributed by atoms with Crippen molar-refractivity contribution >= 4 is 11.8 Å². The van der Waals surface area contributed by atoms with Crippen molar-refractivity contribution < 1.29 is 13.6 Å². The molecule has 21 heavy (non-hydrogen) atoms. The zero-order valence-electron chi connectivity index (χ0n) is 12.4. The minimum Gasteiger partial charge on any atom is -0.469 e. The third-order valence-electron chi connectivity index (χ3n) is 4.11. The van der Waals surface area contributed by atoms with Crippen molar-refractivity contribution in [2.24, 2.45) is 5.41 Å². The summed E-state index contributed by atoms with van der Waals surface area (Å²) in [5.41, 5.74) is 1.13. The number of aryl methyl sites for hydroxylation is 1. The van der Waals surface area contributed by atoms with Crippen molar-refractivity contribution in [2.45, 2.75) is 37.8 Å². The van der Waals surface area contributed by atoms with Crippen LogP contribution in [0.5, 0.6) is 0 Å². The second-order valence-electron chi connectivity index (χ2n) is 5.69. The number of hydrogen-bond donors (Lipinski definition) is 0. The Morgan fingerprint density at radius 1 is 1.33 bits per heavy atom. The third kappa shape index (κ3) is 3.16. The quantitative estimate of drug-likeness (QED) is 0.753. The fourth-order valence-corrected chi connectivity index (χ4v) is 4.00. The van der Waals surface area contributed by atoms with E-state index in [1.54, 1.807) is 25.1 Å². The molecule has 0 aromatic carbocycles. The molecule has 3 rings (SSSR count). The smallest absolute Gasteiger partial charge is 0.276 e. The molecule has 0 aliphatic heterocycles. The van der Waals surface area contributed by atoms with Crippen LogP contribution in [0.1, 0.15) is 31.4 Å². The molecule has 0 atom stereocenters. The molecule has 1 fully saturated rings. The molecule has 1 aliphatic rings. The van der Waals surface area contributed by atoms with Crippen molar-refractivity contribution in [3.8, 4) is 11.5 Å². The van der Waals surface area contributed by atoms with Crippen molar-refractivity contribution in [1.82, 2.24) is 10.2 Å². The monoisotopic (exact) mass is 308 g/mol. The second kappa shape index (κ2) is 6.23. The van der Waals surface area contributed by atoms with Gasteiger partial charge in [0.1, 0.15) is 5.76 Å². The maximum absolute atomic E-state index is 5.73. The van der Waals surface area contributed by atoms with E-state index in [0.717, 1.165) is 23.7 Å². The number of hydrogen-bond acceptors (Lipinski definition) is 6. The van der Waals surface area contributed by atoms with Gasteiger partial charge in [-0.2, -0.15) is 0 Å². The Kier molecular flexibility index (Phi) is 4.35. The van der Waals surface area contributed by atoms with Crippen molar-refractivity contribution in [3.63, 3.8) is 0 Å². The molecule has 0 unspecified atom stereocenters. The molecular weight excluding hydrogens is 288 g/mol. The first-order valence-corrected chi connectivity index (χ1v) is 8.21. The number of nitrogens with zero attached hydrogens (tertiary/aromatic N) is 2. The average molecular weight is 308 g/mol. The number of aromatic nitrogens is 2. The largest absolute Gasteiger partial charge is 0.469 e. The summed E-state index contributed by atoms with van der Waals surface area (Å²) in [4.78, 5) is 0. The summed E-state index contributed by atoms with van der Waals surface area (Å²) < 4.78 is 16.4. The topological polar surface area (TPSA) is 61.3 Å². The fourth-order valence-electron chi connectivity index (χ4n) is 2.96. The molecule has 5 nitrogen and oxygen atoms in total. The lowest BCUT2D eigenvalue weighted by Gasteiger charge is -2.26. The molecule has 6 heteroatoms. The van der Waals surface area contributed by atoms with Gasteiger partial charge in [0, 0.05) is 18.3 Å². The molecule has 0 radical (unpaired) electrons. The van der Waals surface area contributed by atoms with E-state index >= 15 is 0 Å². The van der Waals surface area contributed by atoms with Crippen LogP contribution < -0.4 is 0 Å². The van der Waals surface area contributed by atoms with Crippen LogP contribution in [0.4, 0.5) is 0 Å². The van der Waals surface area contributed by atoms with Crippen LogP contribution in [-0.4, -0.2) is 29.7 Å². The predicted octanol–water partition coefficient (Wildman–Crippen LogP) is 3.94. The van der Waals surface area contributed by atoms with Crippen LogP contribution in [0.15, 0.2) is 26.4 Å². The van der Waals surface area contributed by atoms with Crippen molar-refractivity contribution in [3.05, 3.63) is 18.1 Å². The lowest BCUT2D eigenvalue weighted by molar-refractivity contribution is 0.0997. The normalized spacial score (nSPS) is 17.4. The van der Waals surface area contributed by atoms with E-state index in [4.69, 9.17) is 13.6 Å². The Balaban J connectivity index is 1.66. The Labute approximate surface area is 128 Å². The Bertz CT molecular complexity index is 587. The fraction of sp³-hybridized carbons (Fsp3) is 0.600. The molecule has 114 valence electrons. The highest BCUT2D eigenvalue weighted by atomic mass is 32.2. The maximum atomic E-state index is 5.73. The van der Waals surface area contributed by atoms with Gasteiger partial charge in [-0.25, -0.2) is 0 Å². The van der Waals surface area contributed by atoms with Gasteiger partial charge < -0.3 is 13.6 Å².